The highest BCUT2D eigenvalue weighted by atomic mass is 32.2. The van der Waals surface area contributed by atoms with Gasteiger partial charge in [0, 0.05) is 23.4 Å². The van der Waals surface area contributed by atoms with Crippen molar-refractivity contribution in [2.24, 2.45) is 0 Å². The first-order chi connectivity index (χ1) is 21.4. The van der Waals surface area contributed by atoms with Gasteiger partial charge in [0.25, 0.3) is 10.0 Å². The number of benzene rings is 4. The van der Waals surface area contributed by atoms with Gasteiger partial charge in [-0.05, 0) is 70.1 Å². The van der Waals surface area contributed by atoms with Crippen molar-refractivity contribution in [3.63, 3.8) is 0 Å². The second-order valence-electron chi connectivity index (χ2n) is 10.1. The minimum atomic E-state index is -3.79. The number of aromatic hydroxyl groups is 1. The van der Waals surface area contributed by atoms with Gasteiger partial charge < -0.3 is 19.7 Å². The zero-order chi connectivity index (χ0) is 30.5. The standard InChI is InChI=1S/C31H29N5O6S2/c37-19-21-9-11-22(12-10-21)29-18-27(20-43-31-32-34-35-36(31)25-13-15-26(38)16-14-25)41-30(42-29)23-5-4-6-24(17-23)33-44(39,40)28-7-2-1-3-8-28/h1-17,27,29-30,33,37-38H,18-20H2/t27-,29+,30?/m0/s1. The number of nitrogens with one attached hydrogen (secondary N) is 1. The van der Waals surface area contributed by atoms with E-state index in [4.69, 9.17) is 9.47 Å². The van der Waals surface area contributed by atoms with Gasteiger partial charge in [-0.15, -0.1) is 5.10 Å². The summed E-state index contributed by atoms with van der Waals surface area (Å²) in [4.78, 5) is 0.161. The third-order valence-electron chi connectivity index (χ3n) is 7.01. The molecule has 5 aromatic rings. The molecule has 1 aromatic heterocycles. The van der Waals surface area contributed by atoms with E-state index in [1.54, 1.807) is 65.3 Å². The summed E-state index contributed by atoms with van der Waals surface area (Å²) in [5.41, 5.74) is 3.47. The molecule has 1 fully saturated rings. The normalized spacial score (nSPS) is 18.6. The molecule has 44 heavy (non-hydrogen) atoms. The number of anilines is 1. The number of nitrogens with zero attached hydrogens (tertiary/aromatic N) is 4. The lowest BCUT2D eigenvalue weighted by atomic mass is 10.0. The Morgan fingerprint density at radius 1 is 0.909 bits per heavy atom. The van der Waals surface area contributed by atoms with Crippen LogP contribution in [0.1, 0.15) is 35.5 Å². The van der Waals surface area contributed by atoms with E-state index in [2.05, 4.69) is 20.2 Å². The highest BCUT2D eigenvalue weighted by molar-refractivity contribution is 7.99. The van der Waals surface area contributed by atoms with Crippen LogP contribution in [0.3, 0.4) is 0 Å². The fraction of sp³-hybridized carbons (Fsp3) is 0.194. The second-order valence-corrected chi connectivity index (χ2v) is 12.8. The number of phenolic OH excluding ortho intramolecular Hbond substituents is 1. The van der Waals surface area contributed by atoms with Crippen molar-refractivity contribution in [3.8, 4) is 11.4 Å². The summed E-state index contributed by atoms with van der Waals surface area (Å²) in [6.45, 7) is -0.0573. The molecule has 0 radical (unpaired) electrons. The molecule has 11 nitrogen and oxygen atoms in total. The molecule has 3 atom stereocenters. The summed E-state index contributed by atoms with van der Waals surface area (Å²) in [5, 5.41) is 31.8. The van der Waals surface area contributed by atoms with Crippen LogP contribution >= 0.6 is 11.8 Å². The van der Waals surface area contributed by atoms with Gasteiger partial charge in [-0.3, -0.25) is 4.72 Å². The summed E-state index contributed by atoms with van der Waals surface area (Å²) >= 11 is 1.43. The highest BCUT2D eigenvalue weighted by Gasteiger charge is 2.33. The Hall–Kier alpha value is -4.27. The predicted molar refractivity (Wildman–Crippen MR) is 164 cm³/mol. The fourth-order valence-electron chi connectivity index (χ4n) is 4.78. The minimum Gasteiger partial charge on any atom is -0.508 e. The van der Waals surface area contributed by atoms with E-state index in [-0.39, 0.29) is 29.5 Å². The summed E-state index contributed by atoms with van der Waals surface area (Å²) < 4.78 is 43.0. The predicted octanol–water partition coefficient (Wildman–Crippen LogP) is 5.00. The Bertz CT molecular complexity index is 1800. The van der Waals surface area contributed by atoms with Gasteiger partial charge in [0.1, 0.15) is 5.75 Å². The molecule has 2 heterocycles. The number of phenols is 1. The van der Waals surface area contributed by atoms with Gasteiger partial charge in [-0.2, -0.15) is 4.68 Å². The number of ether oxygens (including phenoxy) is 2. The highest BCUT2D eigenvalue weighted by Crippen LogP contribution is 2.40. The molecule has 4 aromatic carbocycles. The van der Waals surface area contributed by atoms with Crippen molar-refractivity contribution < 1.29 is 28.1 Å². The fourth-order valence-corrected chi connectivity index (χ4v) is 6.76. The number of aromatic nitrogens is 4. The molecule has 0 bridgehead atoms. The van der Waals surface area contributed by atoms with E-state index in [9.17, 15) is 18.6 Å². The van der Waals surface area contributed by atoms with Crippen LogP contribution in [0, 0.1) is 0 Å². The molecule has 1 aliphatic rings. The van der Waals surface area contributed by atoms with Crippen LogP contribution in [0.2, 0.25) is 0 Å². The third kappa shape index (κ3) is 6.93. The minimum absolute atomic E-state index is 0.0573. The molecule has 0 aliphatic carbocycles. The Morgan fingerprint density at radius 2 is 1.68 bits per heavy atom. The van der Waals surface area contributed by atoms with Gasteiger partial charge in [0.2, 0.25) is 5.16 Å². The smallest absolute Gasteiger partial charge is 0.261 e. The molecule has 226 valence electrons. The summed E-state index contributed by atoms with van der Waals surface area (Å²) in [7, 11) is -3.79. The van der Waals surface area contributed by atoms with Crippen LogP contribution < -0.4 is 4.72 Å². The Morgan fingerprint density at radius 3 is 2.43 bits per heavy atom. The molecule has 0 spiro atoms. The van der Waals surface area contributed by atoms with Gasteiger partial charge in [-0.25, -0.2) is 8.42 Å². The zero-order valence-corrected chi connectivity index (χ0v) is 24.9. The van der Waals surface area contributed by atoms with Crippen molar-refractivity contribution in [3.05, 3.63) is 120 Å². The molecular weight excluding hydrogens is 603 g/mol. The van der Waals surface area contributed by atoms with E-state index in [1.165, 1.54) is 23.9 Å². The van der Waals surface area contributed by atoms with Crippen molar-refractivity contribution in [1.29, 1.82) is 0 Å². The largest absolute Gasteiger partial charge is 0.508 e. The number of sulfonamides is 1. The number of tetrazole rings is 1. The molecule has 6 rings (SSSR count). The number of thioether (sulfide) groups is 1. The third-order valence-corrected chi connectivity index (χ3v) is 9.46. The molecule has 0 amide bonds. The molecule has 1 unspecified atom stereocenters. The zero-order valence-electron chi connectivity index (χ0n) is 23.3. The van der Waals surface area contributed by atoms with E-state index in [0.29, 0.717) is 34.3 Å². The first kappa shape index (κ1) is 29.8. The van der Waals surface area contributed by atoms with E-state index in [0.717, 1.165) is 11.1 Å². The van der Waals surface area contributed by atoms with E-state index in [1.807, 2.05) is 30.3 Å². The van der Waals surface area contributed by atoms with Crippen LogP contribution in [0.4, 0.5) is 5.69 Å². The molecule has 1 aliphatic heterocycles. The lowest BCUT2D eigenvalue weighted by Crippen LogP contribution is -2.31. The number of hydrogen-bond acceptors (Lipinski definition) is 10. The Balaban J connectivity index is 1.23. The van der Waals surface area contributed by atoms with Crippen LogP contribution in [-0.2, 0) is 26.1 Å². The van der Waals surface area contributed by atoms with Crippen LogP contribution in [-0.4, -0.2) is 50.7 Å². The maximum absolute atomic E-state index is 13.0. The monoisotopic (exact) mass is 631 g/mol. The molecule has 13 heteroatoms. The number of aliphatic hydroxyl groups excluding tert-OH is 1. The van der Waals surface area contributed by atoms with Crippen molar-refractivity contribution in [2.75, 3.05) is 10.5 Å². The van der Waals surface area contributed by atoms with Crippen molar-refractivity contribution in [1.82, 2.24) is 20.2 Å². The molecule has 1 saturated heterocycles. The summed E-state index contributed by atoms with van der Waals surface area (Å²) in [6.07, 6.45) is -0.852. The quantitative estimate of drug-likeness (QED) is 0.180. The summed E-state index contributed by atoms with van der Waals surface area (Å²) in [5.74, 6) is 0.650. The Labute approximate surface area is 258 Å². The van der Waals surface area contributed by atoms with Crippen molar-refractivity contribution in [2.45, 2.75) is 41.6 Å². The average Bonchev–Trinajstić information content (AvgIpc) is 3.53. The SMILES string of the molecule is O=S(=O)(Nc1cccc(C2O[C@H](CSc3nnnn3-c3ccc(O)cc3)C[C@H](c3ccc(CO)cc3)O2)c1)c1ccccc1. The first-order valence-electron chi connectivity index (χ1n) is 13.8. The molecule has 0 saturated carbocycles. The first-order valence-corrected chi connectivity index (χ1v) is 16.2. The van der Waals surface area contributed by atoms with Gasteiger partial charge in [-0.1, -0.05) is 66.4 Å². The number of hydrogen-bond donors (Lipinski definition) is 3. The van der Waals surface area contributed by atoms with Gasteiger partial charge >= 0.3 is 0 Å². The van der Waals surface area contributed by atoms with E-state index < -0.39 is 16.3 Å². The lowest BCUT2D eigenvalue weighted by Gasteiger charge is -2.36. The number of aliphatic hydroxyl groups is 1. The van der Waals surface area contributed by atoms with Crippen LogP contribution in [0.25, 0.3) is 5.69 Å². The maximum Gasteiger partial charge on any atom is 0.261 e. The Kier molecular flexibility index (Phi) is 8.91. The number of rotatable bonds is 10. The van der Waals surface area contributed by atoms with Crippen LogP contribution in [0.5, 0.6) is 5.75 Å². The lowest BCUT2D eigenvalue weighted by molar-refractivity contribution is -0.245. The average molecular weight is 632 g/mol. The van der Waals surface area contributed by atoms with Gasteiger partial charge in [0.05, 0.1) is 29.4 Å². The second kappa shape index (κ2) is 13.2. The van der Waals surface area contributed by atoms with Gasteiger partial charge in [0.15, 0.2) is 6.29 Å². The van der Waals surface area contributed by atoms with Crippen LogP contribution in [0.15, 0.2) is 113 Å². The topological polar surface area (TPSA) is 149 Å². The van der Waals surface area contributed by atoms with Crippen molar-refractivity contribution >= 4 is 27.5 Å². The molecular formula is C31H29N5O6S2. The maximum atomic E-state index is 13.0. The summed E-state index contributed by atoms with van der Waals surface area (Å²) in [6, 6.07) is 29.3. The van der Waals surface area contributed by atoms with E-state index >= 15 is 0 Å². The molecule has 3 N–H and O–H groups in total.